The summed E-state index contributed by atoms with van der Waals surface area (Å²) in [5.41, 5.74) is 7.62. The molecule has 9 nitrogen and oxygen atoms in total. The lowest BCUT2D eigenvalue weighted by atomic mass is 9.87. The number of fused-ring (bicyclic) bond motifs is 2. The number of nitrogens with zero attached hydrogens (tertiary/aromatic N) is 6. The molecule has 1 saturated carbocycles. The normalized spacial score (nSPS) is 16.6. The van der Waals surface area contributed by atoms with Gasteiger partial charge in [-0.2, -0.15) is 0 Å². The minimum atomic E-state index is -0.258. The number of hydrogen-bond donors (Lipinski definition) is 1. The summed E-state index contributed by atoms with van der Waals surface area (Å²) in [4.78, 5) is 44.0. The number of rotatable bonds is 10. The van der Waals surface area contributed by atoms with Gasteiger partial charge >= 0.3 is 0 Å². The second-order valence-corrected chi connectivity index (χ2v) is 16.4. The van der Waals surface area contributed by atoms with Crippen LogP contribution >= 0.6 is 22.9 Å². The summed E-state index contributed by atoms with van der Waals surface area (Å²) in [5, 5.41) is 4.50. The van der Waals surface area contributed by atoms with Gasteiger partial charge in [0, 0.05) is 54.3 Å². The minimum Gasteiger partial charge on any atom is -0.330 e. The molecule has 0 unspecified atom stereocenters. The van der Waals surface area contributed by atoms with E-state index in [4.69, 9.17) is 21.6 Å². The van der Waals surface area contributed by atoms with Crippen molar-refractivity contribution in [2.75, 3.05) is 32.0 Å². The van der Waals surface area contributed by atoms with Crippen molar-refractivity contribution in [2.45, 2.75) is 91.4 Å². The monoisotopic (exact) mass is 727 g/mol. The predicted molar refractivity (Wildman–Crippen MR) is 206 cm³/mol. The highest BCUT2D eigenvalue weighted by atomic mass is 35.5. The van der Waals surface area contributed by atoms with Crippen molar-refractivity contribution in [3.05, 3.63) is 74.8 Å². The highest BCUT2D eigenvalue weighted by Gasteiger charge is 2.30. The van der Waals surface area contributed by atoms with Gasteiger partial charge < -0.3 is 14.8 Å². The summed E-state index contributed by atoms with van der Waals surface area (Å²) in [6.07, 6.45) is 9.05. The molecule has 1 fully saturated rings. The first-order valence-corrected chi connectivity index (χ1v) is 19.7. The fourth-order valence-corrected chi connectivity index (χ4v) is 9.26. The van der Waals surface area contributed by atoms with E-state index in [2.05, 4.69) is 48.0 Å². The van der Waals surface area contributed by atoms with Gasteiger partial charge in [-0.1, -0.05) is 74.0 Å². The lowest BCUT2D eigenvalue weighted by molar-refractivity contribution is -0.133. The summed E-state index contributed by atoms with van der Waals surface area (Å²) in [6, 6.07) is 12.3. The van der Waals surface area contributed by atoms with Crippen LogP contribution in [0.4, 0.5) is 5.69 Å². The van der Waals surface area contributed by atoms with Crippen LogP contribution in [0.3, 0.4) is 0 Å². The maximum Gasteiger partial charge on any atom is 0.291 e. The van der Waals surface area contributed by atoms with E-state index < -0.39 is 0 Å². The maximum atomic E-state index is 13.7. The molecule has 2 amide bonds. The number of aromatic nitrogens is 3. The van der Waals surface area contributed by atoms with Crippen molar-refractivity contribution in [3.8, 4) is 21.7 Å². The number of nitrogens with one attached hydrogen (secondary N) is 1. The van der Waals surface area contributed by atoms with Gasteiger partial charge in [0.2, 0.25) is 5.91 Å². The number of amides is 2. The first-order chi connectivity index (χ1) is 24.6. The molecule has 0 spiro atoms. The first-order valence-electron chi connectivity index (χ1n) is 18.5. The van der Waals surface area contributed by atoms with Gasteiger partial charge in [0.15, 0.2) is 5.82 Å². The lowest BCUT2D eigenvalue weighted by Gasteiger charge is -2.29. The average Bonchev–Trinajstić information content (AvgIpc) is 3.81. The molecule has 0 saturated heterocycles. The van der Waals surface area contributed by atoms with Gasteiger partial charge in [0.05, 0.1) is 41.7 Å². The van der Waals surface area contributed by atoms with Gasteiger partial charge in [-0.25, -0.2) is 9.97 Å². The maximum absolute atomic E-state index is 13.7. The third-order valence-corrected chi connectivity index (χ3v) is 12.8. The summed E-state index contributed by atoms with van der Waals surface area (Å²) in [5.74, 6) is 1.15. The van der Waals surface area contributed by atoms with Crippen LogP contribution in [0.25, 0.3) is 21.7 Å². The Hall–Kier alpha value is -3.57. The molecule has 1 N–H and O–H groups in total. The van der Waals surface area contributed by atoms with E-state index in [0.717, 1.165) is 81.2 Å². The zero-order chi connectivity index (χ0) is 35.8. The van der Waals surface area contributed by atoms with Gasteiger partial charge in [0.25, 0.3) is 5.91 Å². The largest absolute Gasteiger partial charge is 0.330 e. The van der Waals surface area contributed by atoms with Crippen LogP contribution in [0.1, 0.15) is 90.5 Å². The zero-order valence-electron chi connectivity index (χ0n) is 30.6. The van der Waals surface area contributed by atoms with Crippen LogP contribution in [-0.2, 0) is 37.9 Å². The molecular formula is C40H50ClN7O2S. The molecule has 1 aliphatic carbocycles. The van der Waals surface area contributed by atoms with E-state index in [0.29, 0.717) is 42.2 Å². The van der Waals surface area contributed by atoms with Crippen LogP contribution < -0.4 is 5.32 Å². The molecule has 3 aliphatic rings. The Balaban J connectivity index is 1.04. The quantitative estimate of drug-likeness (QED) is 0.179. The van der Waals surface area contributed by atoms with E-state index in [1.54, 1.807) is 11.3 Å². The molecule has 2 aromatic heterocycles. The van der Waals surface area contributed by atoms with Crippen molar-refractivity contribution in [2.24, 2.45) is 13.0 Å². The zero-order valence-corrected chi connectivity index (χ0v) is 32.2. The Morgan fingerprint density at radius 2 is 1.75 bits per heavy atom. The number of carbonyl (C=O) groups is 2. The second-order valence-electron chi connectivity index (χ2n) is 15.0. The number of carbonyl (C=O) groups excluding carboxylic acids is 2. The minimum absolute atomic E-state index is 0.131. The van der Waals surface area contributed by atoms with Crippen LogP contribution in [0, 0.1) is 12.8 Å². The molecule has 0 radical (unpaired) electrons. The number of benzene rings is 2. The van der Waals surface area contributed by atoms with Crippen molar-refractivity contribution in [3.63, 3.8) is 0 Å². The average molecular weight is 728 g/mol. The SMILES string of the molecule is Cc1c(-c2nc3c(s2)CN(C(=O)CN(C)C(C)C)C3)cccc1-c1cccc(NC(=O)c2nc3c(n2C)CCN(CCC2CCCCC2)C3)c1Cl. The van der Waals surface area contributed by atoms with Crippen molar-refractivity contribution in [1.29, 1.82) is 0 Å². The molecular weight excluding hydrogens is 678 g/mol. The number of likely N-dealkylation sites (N-methyl/N-ethyl adjacent to an activating group) is 1. The highest BCUT2D eigenvalue weighted by molar-refractivity contribution is 7.15. The molecule has 270 valence electrons. The van der Waals surface area contributed by atoms with Crippen LogP contribution in [0.15, 0.2) is 36.4 Å². The number of hydrogen-bond acceptors (Lipinski definition) is 7. The topological polar surface area (TPSA) is 86.6 Å². The molecule has 2 aliphatic heterocycles. The molecule has 4 heterocycles. The molecule has 0 bridgehead atoms. The van der Waals surface area contributed by atoms with Gasteiger partial charge in [-0.3, -0.25) is 19.4 Å². The third kappa shape index (κ3) is 7.52. The fraction of sp³-hybridized carbons (Fsp3) is 0.500. The lowest BCUT2D eigenvalue weighted by Crippen LogP contribution is -2.38. The summed E-state index contributed by atoms with van der Waals surface area (Å²) in [7, 11) is 3.93. The Bertz CT molecular complexity index is 1900. The molecule has 0 atom stereocenters. The predicted octanol–water partition coefficient (Wildman–Crippen LogP) is 7.94. The number of anilines is 1. The number of halogens is 1. The highest BCUT2D eigenvalue weighted by Crippen LogP contribution is 2.41. The molecule has 11 heteroatoms. The molecule has 4 aromatic rings. The number of thiazole rings is 1. The summed E-state index contributed by atoms with van der Waals surface area (Å²) < 4.78 is 1.96. The van der Waals surface area contributed by atoms with Crippen LogP contribution in [0.5, 0.6) is 0 Å². The van der Waals surface area contributed by atoms with E-state index in [1.807, 2.05) is 47.8 Å². The van der Waals surface area contributed by atoms with Crippen molar-refractivity contribution < 1.29 is 9.59 Å². The smallest absolute Gasteiger partial charge is 0.291 e. The van der Waals surface area contributed by atoms with Gasteiger partial charge in [0.1, 0.15) is 5.01 Å². The Morgan fingerprint density at radius 3 is 2.51 bits per heavy atom. The van der Waals surface area contributed by atoms with Crippen molar-refractivity contribution >= 4 is 40.4 Å². The van der Waals surface area contributed by atoms with Crippen molar-refractivity contribution in [1.82, 2.24) is 29.2 Å². The summed E-state index contributed by atoms with van der Waals surface area (Å²) >= 11 is 8.72. The van der Waals surface area contributed by atoms with E-state index in [1.165, 1.54) is 38.5 Å². The van der Waals surface area contributed by atoms with E-state index in [-0.39, 0.29) is 11.8 Å². The second kappa shape index (κ2) is 15.2. The Morgan fingerprint density at radius 1 is 1.00 bits per heavy atom. The molecule has 51 heavy (non-hydrogen) atoms. The number of imidazole rings is 1. The van der Waals surface area contributed by atoms with E-state index in [9.17, 15) is 9.59 Å². The van der Waals surface area contributed by atoms with Gasteiger partial charge in [-0.15, -0.1) is 11.3 Å². The van der Waals surface area contributed by atoms with Crippen LogP contribution in [-0.4, -0.2) is 73.8 Å². The summed E-state index contributed by atoms with van der Waals surface area (Å²) in [6.45, 7) is 10.7. The molecule has 2 aromatic carbocycles. The third-order valence-electron chi connectivity index (χ3n) is 11.3. The molecule has 7 rings (SSSR count). The first kappa shape index (κ1) is 35.8. The Kier molecular flexibility index (Phi) is 10.7. The van der Waals surface area contributed by atoms with Gasteiger partial charge in [-0.05, 0) is 63.9 Å². The standard InChI is InChI=1S/C40H50ClN7O2S/c1-25(2)45(4)24-36(49)48-22-33-35(23-48)51-40(44-33)29-14-9-13-28(26(29)3)30-15-10-16-31(37(30)41)43-39(50)38-42-32-21-47(20-18-34(32)46(38)5)19-17-27-11-7-6-8-12-27/h9-10,13-16,25,27H,6-8,11-12,17-24H2,1-5H3,(H,43,50). The fourth-order valence-electron chi connectivity index (χ4n) is 7.82. The van der Waals surface area contributed by atoms with Crippen LogP contribution in [0.2, 0.25) is 5.02 Å². The van der Waals surface area contributed by atoms with E-state index >= 15 is 0 Å². The Labute approximate surface area is 311 Å².